The number of aryl methyl sites for hydroxylation is 2. The van der Waals surface area contributed by atoms with Crippen molar-refractivity contribution < 1.29 is 32.6 Å². The molecule has 0 fully saturated rings. The van der Waals surface area contributed by atoms with E-state index in [9.17, 15) is 27.9 Å². The van der Waals surface area contributed by atoms with E-state index in [0.717, 1.165) is 23.5 Å². The summed E-state index contributed by atoms with van der Waals surface area (Å²) >= 11 is 13.9. The summed E-state index contributed by atoms with van der Waals surface area (Å²) in [6, 6.07) is 15.9. The molecule has 1 heterocycles. The minimum Gasteiger partial charge on any atom is -0.546 e. The van der Waals surface area contributed by atoms with Crippen LogP contribution in [0.2, 0.25) is 10.0 Å². The molecule has 1 unspecified atom stereocenters. The van der Waals surface area contributed by atoms with Crippen molar-refractivity contribution in [3.8, 4) is 16.3 Å². The summed E-state index contributed by atoms with van der Waals surface area (Å²) in [6.45, 7) is 1.66. The lowest BCUT2D eigenvalue weighted by molar-refractivity contribution is -0.314. The molecule has 0 saturated heterocycles. The quantitative estimate of drug-likeness (QED) is 0.193. The average molecular weight is 593 g/mol. The summed E-state index contributed by atoms with van der Waals surface area (Å²) in [5, 5.41) is 12.2. The van der Waals surface area contributed by atoms with Gasteiger partial charge in [-0.2, -0.15) is 13.2 Å². The van der Waals surface area contributed by atoms with Crippen molar-refractivity contribution in [3.05, 3.63) is 104 Å². The predicted octanol–water partition coefficient (Wildman–Crippen LogP) is 7.13. The number of thiazole rings is 1. The Labute approximate surface area is 235 Å². The van der Waals surface area contributed by atoms with Gasteiger partial charge in [-0.05, 0) is 42.7 Å². The molecule has 0 saturated carbocycles. The Bertz CT molecular complexity index is 1510. The van der Waals surface area contributed by atoms with Gasteiger partial charge in [0, 0.05) is 12.0 Å². The molecular weight excluding hydrogens is 574 g/mol. The largest absolute Gasteiger partial charge is 0.546 e. The van der Waals surface area contributed by atoms with E-state index in [4.69, 9.17) is 27.9 Å². The van der Waals surface area contributed by atoms with E-state index in [1.54, 1.807) is 43.3 Å². The number of ketones is 1. The van der Waals surface area contributed by atoms with Crippen molar-refractivity contribution >= 4 is 46.3 Å². The first-order valence-corrected chi connectivity index (χ1v) is 13.1. The predicted molar refractivity (Wildman–Crippen MR) is 141 cm³/mol. The second-order valence-corrected chi connectivity index (χ2v) is 10.3. The van der Waals surface area contributed by atoms with E-state index in [0.29, 0.717) is 32.3 Å². The normalized spacial score (nSPS) is 12.3. The molecule has 0 aliphatic heterocycles. The standard InChI is InChI=1S/C28H20Cl2F3NO4S/c1-15-25(39-26(34-15)18-7-11-19(12-8-18)28(31,32)33)20(35)13-9-16-10-14-21(23(30)22(16)29)38-24(27(36)37)17-5-3-2-4-6-17/h2-8,10-12,14,24H,9,13H2,1H3,(H,36,37)/p-1. The maximum absolute atomic E-state index is 13.0. The second-order valence-electron chi connectivity index (χ2n) is 8.51. The smallest absolute Gasteiger partial charge is 0.416 e. The number of carboxylic acids is 1. The molecule has 4 rings (SSSR count). The van der Waals surface area contributed by atoms with Gasteiger partial charge in [-0.3, -0.25) is 4.79 Å². The molecule has 0 N–H and O–H groups in total. The summed E-state index contributed by atoms with van der Waals surface area (Å²) < 4.78 is 44.1. The Morgan fingerprint density at radius 3 is 2.28 bits per heavy atom. The molecule has 0 spiro atoms. The molecule has 1 aromatic heterocycles. The molecule has 0 bridgehead atoms. The Hall–Kier alpha value is -3.40. The highest BCUT2D eigenvalue weighted by Gasteiger charge is 2.30. The Balaban J connectivity index is 1.46. The maximum atomic E-state index is 13.0. The monoisotopic (exact) mass is 592 g/mol. The van der Waals surface area contributed by atoms with Crippen molar-refractivity contribution in [1.82, 2.24) is 4.98 Å². The number of aliphatic carboxylic acids is 1. The molecule has 0 amide bonds. The molecule has 1 atom stereocenters. The first kappa shape index (κ1) is 28.6. The van der Waals surface area contributed by atoms with E-state index in [1.165, 1.54) is 18.2 Å². The van der Waals surface area contributed by atoms with E-state index < -0.39 is 23.8 Å². The Morgan fingerprint density at radius 2 is 1.67 bits per heavy atom. The van der Waals surface area contributed by atoms with Crippen LogP contribution in [0.3, 0.4) is 0 Å². The van der Waals surface area contributed by atoms with Gasteiger partial charge < -0.3 is 14.6 Å². The number of ether oxygens (including phenoxy) is 1. The summed E-state index contributed by atoms with van der Waals surface area (Å²) in [6.07, 6.45) is -5.55. The van der Waals surface area contributed by atoms with Crippen molar-refractivity contribution in [2.75, 3.05) is 0 Å². The molecule has 3 aromatic carbocycles. The van der Waals surface area contributed by atoms with Crippen LogP contribution in [0.1, 0.15) is 44.6 Å². The highest BCUT2D eigenvalue weighted by Crippen LogP contribution is 2.38. The number of carbonyl (C=O) groups is 2. The second kappa shape index (κ2) is 11.8. The Kier molecular flexibility index (Phi) is 8.64. The van der Waals surface area contributed by atoms with Crippen LogP contribution in [0.4, 0.5) is 13.2 Å². The van der Waals surface area contributed by atoms with Gasteiger partial charge in [0.2, 0.25) is 0 Å². The minimum absolute atomic E-state index is 0.00218. The third-order valence-corrected chi connectivity index (χ3v) is 7.97. The summed E-state index contributed by atoms with van der Waals surface area (Å²) in [7, 11) is 0. The fraction of sp³-hybridized carbons (Fsp3) is 0.179. The van der Waals surface area contributed by atoms with E-state index in [-0.39, 0.29) is 34.4 Å². The van der Waals surface area contributed by atoms with E-state index in [2.05, 4.69) is 4.98 Å². The molecule has 4 aromatic rings. The fourth-order valence-electron chi connectivity index (χ4n) is 3.80. The SMILES string of the molecule is Cc1nc(-c2ccc(C(F)(F)F)cc2)sc1C(=O)CCc1ccc(OC(C(=O)[O-])c2ccccc2)c(Cl)c1Cl. The van der Waals surface area contributed by atoms with Gasteiger partial charge in [-0.1, -0.05) is 71.7 Å². The van der Waals surface area contributed by atoms with Gasteiger partial charge in [0.05, 0.1) is 27.1 Å². The number of rotatable bonds is 9. The molecule has 0 radical (unpaired) electrons. The number of nitrogens with zero attached hydrogens (tertiary/aromatic N) is 1. The van der Waals surface area contributed by atoms with Crippen LogP contribution >= 0.6 is 34.5 Å². The number of halogens is 5. The van der Waals surface area contributed by atoms with Gasteiger partial charge in [0.1, 0.15) is 15.8 Å². The lowest BCUT2D eigenvalue weighted by atomic mass is 10.1. The van der Waals surface area contributed by atoms with Gasteiger partial charge >= 0.3 is 6.18 Å². The van der Waals surface area contributed by atoms with Gasteiger partial charge in [0.25, 0.3) is 0 Å². The van der Waals surface area contributed by atoms with Crippen LogP contribution in [-0.2, 0) is 17.4 Å². The van der Waals surface area contributed by atoms with Crippen molar-refractivity contribution in [2.24, 2.45) is 0 Å². The number of hydrogen-bond acceptors (Lipinski definition) is 6. The number of aromatic nitrogens is 1. The van der Waals surface area contributed by atoms with Crippen LogP contribution in [0.15, 0.2) is 66.7 Å². The average Bonchev–Trinajstić information content (AvgIpc) is 3.30. The molecule has 5 nitrogen and oxygen atoms in total. The van der Waals surface area contributed by atoms with Crippen LogP contribution in [-0.4, -0.2) is 16.7 Å². The third kappa shape index (κ3) is 6.61. The maximum Gasteiger partial charge on any atom is 0.416 e. The van der Waals surface area contributed by atoms with Gasteiger partial charge in [-0.25, -0.2) is 4.98 Å². The number of alkyl halides is 3. The zero-order valence-corrected chi connectivity index (χ0v) is 22.5. The summed E-state index contributed by atoms with van der Waals surface area (Å²) in [5.41, 5.74) is 1.11. The van der Waals surface area contributed by atoms with Crippen LogP contribution in [0, 0.1) is 6.92 Å². The number of carboxylic acid groups (broad SMARTS) is 1. The van der Waals surface area contributed by atoms with E-state index >= 15 is 0 Å². The number of benzene rings is 3. The van der Waals surface area contributed by atoms with Gasteiger partial charge in [0.15, 0.2) is 11.9 Å². The first-order chi connectivity index (χ1) is 18.5. The first-order valence-electron chi connectivity index (χ1n) is 11.5. The molecule has 0 aliphatic carbocycles. The number of Topliss-reactive ketones (excluding diaryl/α,β-unsaturated/α-hetero) is 1. The molecule has 11 heteroatoms. The molecular formula is C28H19Cl2F3NO4S-. The molecule has 0 aliphatic rings. The van der Waals surface area contributed by atoms with Gasteiger partial charge in [-0.15, -0.1) is 11.3 Å². The zero-order chi connectivity index (χ0) is 28.3. The van der Waals surface area contributed by atoms with Crippen LogP contribution < -0.4 is 9.84 Å². The molecule has 39 heavy (non-hydrogen) atoms. The fourth-order valence-corrected chi connectivity index (χ4v) is 5.32. The lowest BCUT2D eigenvalue weighted by Crippen LogP contribution is -2.33. The minimum atomic E-state index is -4.44. The molecule has 202 valence electrons. The Morgan fingerprint density at radius 1 is 1.00 bits per heavy atom. The van der Waals surface area contributed by atoms with Crippen LogP contribution in [0.5, 0.6) is 5.75 Å². The van der Waals surface area contributed by atoms with E-state index in [1.807, 2.05) is 0 Å². The van der Waals surface area contributed by atoms with Crippen molar-refractivity contribution in [1.29, 1.82) is 0 Å². The highest BCUT2D eigenvalue weighted by molar-refractivity contribution is 7.17. The topological polar surface area (TPSA) is 79.3 Å². The number of hydrogen-bond donors (Lipinski definition) is 0. The van der Waals surface area contributed by atoms with Crippen LogP contribution in [0.25, 0.3) is 10.6 Å². The lowest BCUT2D eigenvalue weighted by Gasteiger charge is -2.22. The summed E-state index contributed by atoms with van der Waals surface area (Å²) in [4.78, 5) is 29.4. The highest BCUT2D eigenvalue weighted by atomic mass is 35.5. The zero-order valence-electron chi connectivity index (χ0n) is 20.2. The van der Waals surface area contributed by atoms with Crippen molar-refractivity contribution in [3.63, 3.8) is 0 Å². The van der Waals surface area contributed by atoms with Crippen molar-refractivity contribution in [2.45, 2.75) is 32.0 Å². The number of carbonyl (C=O) groups excluding carboxylic acids is 2. The third-order valence-electron chi connectivity index (χ3n) is 5.82. The summed E-state index contributed by atoms with van der Waals surface area (Å²) in [5.74, 6) is -1.61.